The van der Waals surface area contributed by atoms with Gasteiger partial charge in [-0.3, -0.25) is 0 Å². The van der Waals surface area contributed by atoms with Crippen molar-refractivity contribution in [2.75, 3.05) is 17.4 Å². The van der Waals surface area contributed by atoms with Gasteiger partial charge in [-0.05, 0) is 24.3 Å². The molecule has 21 heavy (non-hydrogen) atoms. The Morgan fingerprint density at radius 3 is 2.29 bits per heavy atom. The van der Waals surface area contributed by atoms with Crippen molar-refractivity contribution in [2.45, 2.75) is 6.18 Å². The van der Waals surface area contributed by atoms with Gasteiger partial charge in [0.1, 0.15) is 17.5 Å². The molecule has 1 heterocycles. The van der Waals surface area contributed by atoms with E-state index in [4.69, 9.17) is 5.84 Å². The fraction of sp³-hybridized carbons (Fsp3) is 0.167. The van der Waals surface area contributed by atoms with Gasteiger partial charge in [-0.15, -0.1) is 0 Å². The van der Waals surface area contributed by atoms with E-state index in [1.807, 2.05) is 0 Å². The minimum absolute atomic E-state index is 0.0307. The zero-order chi connectivity index (χ0) is 15.6. The molecule has 3 N–H and O–H groups in total. The van der Waals surface area contributed by atoms with Crippen molar-refractivity contribution < 1.29 is 17.6 Å². The fourth-order valence-corrected chi connectivity index (χ4v) is 1.60. The van der Waals surface area contributed by atoms with Crippen LogP contribution < -0.4 is 16.2 Å². The number of halogens is 4. The van der Waals surface area contributed by atoms with Crippen LogP contribution in [0.25, 0.3) is 0 Å². The standard InChI is InChI=1S/C12H11F4N5/c1-21(8-4-2-7(13)3-5-8)10-6-9(20-17)18-11(19-10)12(14,15)16/h2-6H,17H2,1H3,(H,18,19,20). The summed E-state index contributed by atoms with van der Waals surface area (Å²) in [5, 5.41) is 0. The molecule has 1 aromatic carbocycles. The largest absolute Gasteiger partial charge is 0.451 e. The third kappa shape index (κ3) is 3.37. The van der Waals surface area contributed by atoms with Crippen molar-refractivity contribution in [1.82, 2.24) is 9.97 Å². The van der Waals surface area contributed by atoms with Crippen LogP contribution in [0.5, 0.6) is 0 Å². The molecule has 112 valence electrons. The second kappa shape index (κ2) is 5.52. The molecule has 5 nitrogen and oxygen atoms in total. The summed E-state index contributed by atoms with van der Waals surface area (Å²) in [6.45, 7) is 0. The van der Waals surface area contributed by atoms with Gasteiger partial charge < -0.3 is 10.3 Å². The van der Waals surface area contributed by atoms with Gasteiger partial charge in [0.25, 0.3) is 0 Å². The highest BCUT2D eigenvalue weighted by Gasteiger charge is 2.35. The van der Waals surface area contributed by atoms with Gasteiger partial charge in [0.2, 0.25) is 5.82 Å². The lowest BCUT2D eigenvalue weighted by atomic mass is 10.3. The van der Waals surface area contributed by atoms with Crippen LogP contribution >= 0.6 is 0 Å². The number of hydrogen-bond donors (Lipinski definition) is 2. The van der Waals surface area contributed by atoms with Gasteiger partial charge in [-0.2, -0.15) is 13.2 Å². The van der Waals surface area contributed by atoms with E-state index >= 15 is 0 Å². The van der Waals surface area contributed by atoms with E-state index in [1.165, 1.54) is 42.3 Å². The summed E-state index contributed by atoms with van der Waals surface area (Å²) in [6, 6.07) is 6.47. The Morgan fingerprint density at radius 1 is 1.14 bits per heavy atom. The van der Waals surface area contributed by atoms with Crippen molar-refractivity contribution in [1.29, 1.82) is 0 Å². The Labute approximate surface area is 117 Å². The van der Waals surface area contributed by atoms with E-state index in [0.717, 1.165) is 0 Å². The first kappa shape index (κ1) is 15.0. The number of nitrogen functional groups attached to an aromatic ring is 1. The molecule has 2 aromatic rings. The zero-order valence-electron chi connectivity index (χ0n) is 10.8. The third-order valence-corrected chi connectivity index (χ3v) is 2.67. The number of alkyl halides is 3. The summed E-state index contributed by atoms with van der Waals surface area (Å²) in [5.41, 5.74) is 2.52. The van der Waals surface area contributed by atoms with Gasteiger partial charge in [-0.25, -0.2) is 20.2 Å². The lowest BCUT2D eigenvalue weighted by Crippen LogP contribution is -2.19. The Morgan fingerprint density at radius 2 is 1.76 bits per heavy atom. The van der Waals surface area contributed by atoms with Crippen LogP contribution in [-0.2, 0) is 6.18 Å². The lowest BCUT2D eigenvalue weighted by molar-refractivity contribution is -0.144. The van der Waals surface area contributed by atoms with E-state index in [9.17, 15) is 17.6 Å². The highest BCUT2D eigenvalue weighted by Crippen LogP contribution is 2.30. The lowest BCUT2D eigenvalue weighted by Gasteiger charge is -2.20. The van der Waals surface area contributed by atoms with Crippen molar-refractivity contribution in [2.24, 2.45) is 5.84 Å². The average molecular weight is 301 g/mol. The van der Waals surface area contributed by atoms with E-state index in [1.54, 1.807) is 0 Å². The Bertz CT molecular complexity index is 627. The minimum Gasteiger partial charge on any atom is -0.329 e. The van der Waals surface area contributed by atoms with Gasteiger partial charge in [0.05, 0.1) is 0 Å². The summed E-state index contributed by atoms with van der Waals surface area (Å²) < 4.78 is 51.1. The maximum Gasteiger partial charge on any atom is 0.451 e. The van der Waals surface area contributed by atoms with Crippen molar-refractivity contribution in [3.8, 4) is 0 Å². The highest BCUT2D eigenvalue weighted by atomic mass is 19.4. The number of rotatable bonds is 3. The number of nitrogens with zero attached hydrogens (tertiary/aromatic N) is 3. The Hall–Kier alpha value is -2.42. The molecule has 0 saturated carbocycles. The Kier molecular flexibility index (Phi) is 3.94. The van der Waals surface area contributed by atoms with Gasteiger partial charge in [0, 0.05) is 18.8 Å². The first-order valence-electron chi connectivity index (χ1n) is 5.73. The number of nitrogens with two attached hydrogens (primary N) is 1. The van der Waals surface area contributed by atoms with Gasteiger partial charge >= 0.3 is 6.18 Å². The number of hydrogen-bond acceptors (Lipinski definition) is 5. The molecule has 0 spiro atoms. The molecule has 0 radical (unpaired) electrons. The normalized spacial score (nSPS) is 11.3. The summed E-state index contributed by atoms with van der Waals surface area (Å²) in [7, 11) is 1.50. The van der Waals surface area contributed by atoms with E-state index in [-0.39, 0.29) is 11.6 Å². The zero-order valence-corrected chi connectivity index (χ0v) is 10.8. The van der Waals surface area contributed by atoms with Crippen LogP contribution in [0.1, 0.15) is 5.82 Å². The van der Waals surface area contributed by atoms with Crippen molar-refractivity contribution in [3.05, 3.63) is 42.0 Å². The molecule has 0 saturated heterocycles. The summed E-state index contributed by atoms with van der Waals surface area (Å²) >= 11 is 0. The smallest absolute Gasteiger partial charge is 0.329 e. The molecule has 2 rings (SSSR count). The fourth-order valence-electron chi connectivity index (χ4n) is 1.60. The maximum atomic E-state index is 12.9. The first-order valence-corrected chi connectivity index (χ1v) is 5.73. The summed E-state index contributed by atoms with van der Waals surface area (Å²) in [4.78, 5) is 8.06. The summed E-state index contributed by atoms with van der Waals surface area (Å²) in [5.74, 6) is 3.14. The van der Waals surface area contributed by atoms with Crippen molar-refractivity contribution in [3.63, 3.8) is 0 Å². The SMILES string of the molecule is CN(c1ccc(F)cc1)c1cc(NN)nc(C(F)(F)F)n1. The molecule has 0 amide bonds. The molecule has 0 aliphatic rings. The highest BCUT2D eigenvalue weighted by molar-refractivity contribution is 5.61. The number of anilines is 3. The second-order valence-electron chi connectivity index (χ2n) is 4.11. The third-order valence-electron chi connectivity index (χ3n) is 2.67. The maximum absolute atomic E-state index is 12.9. The molecule has 0 atom stereocenters. The summed E-state index contributed by atoms with van der Waals surface area (Å²) in [6.07, 6.45) is -4.70. The van der Waals surface area contributed by atoms with Crippen LogP contribution in [0, 0.1) is 5.82 Å². The topological polar surface area (TPSA) is 67.1 Å². The monoisotopic (exact) mass is 301 g/mol. The minimum atomic E-state index is -4.70. The molecule has 1 aromatic heterocycles. The molecule has 0 unspecified atom stereocenters. The molecule has 9 heteroatoms. The molecular formula is C12H11F4N5. The van der Waals surface area contributed by atoms with Gasteiger partial charge in [0.15, 0.2) is 0 Å². The second-order valence-corrected chi connectivity index (χ2v) is 4.11. The number of nitrogens with one attached hydrogen (secondary N) is 1. The van der Waals surface area contributed by atoms with Crippen LogP contribution in [0.15, 0.2) is 30.3 Å². The molecule has 0 aliphatic carbocycles. The number of hydrazine groups is 1. The van der Waals surface area contributed by atoms with Crippen LogP contribution in [0.3, 0.4) is 0 Å². The predicted octanol–water partition coefficient (Wildman–Crippen LogP) is 2.69. The predicted molar refractivity (Wildman–Crippen MR) is 69.3 cm³/mol. The van der Waals surface area contributed by atoms with E-state index < -0.39 is 17.8 Å². The molecular weight excluding hydrogens is 290 g/mol. The van der Waals surface area contributed by atoms with Gasteiger partial charge in [-0.1, -0.05) is 0 Å². The Balaban J connectivity index is 2.45. The van der Waals surface area contributed by atoms with Crippen LogP contribution in [-0.4, -0.2) is 17.0 Å². The average Bonchev–Trinajstić information content (AvgIpc) is 2.46. The first-order chi connectivity index (χ1) is 9.81. The van der Waals surface area contributed by atoms with Crippen molar-refractivity contribution >= 4 is 17.3 Å². The number of aromatic nitrogens is 2. The molecule has 0 fully saturated rings. The quantitative estimate of drug-likeness (QED) is 0.518. The molecule has 0 aliphatic heterocycles. The number of benzene rings is 1. The van der Waals surface area contributed by atoms with Crippen LogP contribution in [0.4, 0.5) is 34.9 Å². The van der Waals surface area contributed by atoms with E-state index in [0.29, 0.717) is 5.69 Å². The molecule has 0 bridgehead atoms. The van der Waals surface area contributed by atoms with Crippen LogP contribution in [0.2, 0.25) is 0 Å². The van der Waals surface area contributed by atoms with E-state index in [2.05, 4.69) is 15.4 Å².